The van der Waals surface area contributed by atoms with Crippen LogP contribution in [-0.4, -0.2) is 12.6 Å². The van der Waals surface area contributed by atoms with E-state index in [2.05, 4.69) is 31.2 Å². The van der Waals surface area contributed by atoms with E-state index in [1.807, 2.05) is 0 Å². The van der Waals surface area contributed by atoms with Gasteiger partial charge in [-0.2, -0.15) is 0 Å². The second-order valence-electron chi connectivity index (χ2n) is 6.27. The van der Waals surface area contributed by atoms with Crippen LogP contribution in [0.5, 0.6) is 0 Å². The van der Waals surface area contributed by atoms with Crippen molar-refractivity contribution in [3.8, 4) is 0 Å². The van der Waals surface area contributed by atoms with Gasteiger partial charge in [0.2, 0.25) is 0 Å². The molecule has 0 saturated heterocycles. The lowest BCUT2D eigenvalue weighted by molar-refractivity contribution is -0.141. The highest BCUT2D eigenvalue weighted by atomic mass is 16.5. The average molecular weight is 323 g/mol. The number of rotatable bonds is 16. The molecule has 2 nitrogen and oxygen atoms in total. The molecule has 0 amide bonds. The lowest BCUT2D eigenvalue weighted by atomic mass is 10.1. The Hall–Kier alpha value is -1.05. The summed E-state index contributed by atoms with van der Waals surface area (Å²) < 4.78 is 4.91. The van der Waals surface area contributed by atoms with Crippen LogP contribution in [0, 0.1) is 0 Å². The number of hydrogen-bond acceptors (Lipinski definition) is 2. The Morgan fingerprint density at radius 1 is 0.696 bits per heavy atom. The van der Waals surface area contributed by atoms with E-state index >= 15 is 0 Å². The van der Waals surface area contributed by atoms with Crippen molar-refractivity contribution in [3.05, 3.63) is 24.3 Å². The molecule has 0 N–H and O–H groups in total. The Labute approximate surface area is 144 Å². The maximum atomic E-state index is 10.6. The van der Waals surface area contributed by atoms with Crippen LogP contribution in [0.4, 0.5) is 0 Å². The predicted octanol–water partition coefficient (Wildman–Crippen LogP) is 6.75. The first kappa shape index (κ1) is 21.9. The van der Waals surface area contributed by atoms with Gasteiger partial charge in [0.05, 0.1) is 6.61 Å². The Bertz CT molecular complexity index is 305. The van der Waals surface area contributed by atoms with Crippen molar-refractivity contribution in [1.82, 2.24) is 0 Å². The van der Waals surface area contributed by atoms with Gasteiger partial charge in [-0.05, 0) is 44.9 Å². The molecule has 0 fully saturated rings. The van der Waals surface area contributed by atoms with E-state index in [4.69, 9.17) is 4.74 Å². The van der Waals surface area contributed by atoms with Gasteiger partial charge in [0, 0.05) is 6.92 Å². The van der Waals surface area contributed by atoms with E-state index in [0.717, 1.165) is 12.8 Å². The summed E-state index contributed by atoms with van der Waals surface area (Å²) in [6, 6.07) is 0. The van der Waals surface area contributed by atoms with Crippen molar-refractivity contribution in [3.63, 3.8) is 0 Å². The van der Waals surface area contributed by atoms with Crippen molar-refractivity contribution in [2.45, 2.75) is 97.3 Å². The molecule has 2 heteroatoms. The Morgan fingerprint density at radius 2 is 1.17 bits per heavy atom. The number of allylic oxidation sites excluding steroid dienone is 4. The zero-order valence-electron chi connectivity index (χ0n) is 15.5. The minimum atomic E-state index is -0.168. The first-order valence-electron chi connectivity index (χ1n) is 9.70. The molecule has 0 aromatic rings. The summed E-state index contributed by atoms with van der Waals surface area (Å²) in [5.74, 6) is -0.168. The van der Waals surface area contributed by atoms with Gasteiger partial charge in [-0.3, -0.25) is 4.79 Å². The number of esters is 1. The molecule has 0 radical (unpaired) electrons. The van der Waals surface area contributed by atoms with E-state index in [-0.39, 0.29) is 5.97 Å². The van der Waals surface area contributed by atoms with Gasteiger partial charge in [-0.1, -0.05) is 69.8 Å². The third-order valence-corrected chi connectivity index (χ3v) is 3.88. The topological polar surface area (TPSA) is 26.3 Å². The van der Waals surface area contributed by atoms with Gasteiger partial charge >= 0.3 is 5.97 Å². The van der Waals surface area contributed by atoms with E-state index in [0.29, 0.717) is 6.61 Å². The van der Waals surface area contributed by atoms with E-state index < -0.39 is 0 Å². The Morgan fingerprint density at radius 3 is 1.70 bits per heavy atom. The average Bonchev–Trinajstić information content (AvgIpc) is 2.53. The van der Waals surface area contributed by atoms with Crippen LogP contribution in [0.1, 0.15) is 97.3 Å². The fraction of sp³-hybridized carbons (Fsp3) is 0.762. The summed E-state index contributed by atoms with van der Waals surface area (Å²) in [7, 11) is 0. The quantitative estimate of drug-likeness (QED) is 0.178. The maximum Gasteiger partial charge on any atom is 0.302 e. The molecule has 0 bridgehead atoms. The molecule has 0 spiro atoms. The molecule has 134 valence electrons. The molecular weight excluding hydrogens is 284 g/mol. The molecule has 0 aliphatic carbocycles. The minimum Gasteiger partial charge on any atom is -0.466 e. The van der Waals surface area contributed by atoms with E-state index in [1.165, 1.54) is 77.6 Å². The van der Waals surface area contributed by atoms with E-state index in [9.17, 15) is 4.79 Å². The number of carbonyl (C=O) groups excluding carboxylic acids is 1. The summed E-state index contributed by atoms with van der Waals surface area (Å²) in [6.07, 6.45) is 25.5. The zero-order valence-corrected chi connectivity index (χ0v) is 15.5. The number of hydrogen-bond donors (Lipinski definition) is 0. The van der Waals surface area contributed by atoms with E-state index in [1.54, 1.807) is 0 Å². The molecule has 0 aromatic heterocycles. The molecule has 0 heterocycles. The van der Waals surface area contributed by atoms with Crippen LogP contribution < -0.4 is 0 Å². The molecule has 0 aliphatic heterocycles. The third-order valence-electron chi connectivity index (χ3n) is 3.88. The molecule has 0 atom stereocenters. The third kappa shape index (κ3) is 21.0. The SMILES string of the molecule is CCCCCCCC=CCCC=CCCCCCCOC(C)=O. The largest absolute Gasteiger partial charge is 0.466 e. The number of unbranched alkanes of at least 4 members (excludes halogenated alkanes) is 10. The summed E-state index contributed by atoms with van der Waals surface area (Å²) >= 11 is 0. The highest BCUT2D eigenvalue weighted by molar-refractivity contribution is 5.65. The lowest BCUT2D eigenvalue weighted by Crippen LogP contribution is -1.99. The fourth-order valence-corrected chi connectivity index (χ4v) is 2.46. The fourth-order valence-electron chi connectivity index (χ4n) is 2.46. The van der Waals surface area contributed by atoms with Crippen LogP contribution in [-0.2, 0) is 9.53 Å². The van der Waals surface area contributed by atoms with Crippen LogP contribution >= 0.6 is 0 Å². The monoisotopic (exact) mass is 322 g/mol. The molecule has 0 unspecified atom stereocenters. The smallest absolute Gasteiger partial charge is 0.302 e. The predicted molar refractivity (Wildman–Crippen MR) is 101 cm³/mol. The van der Waals surface area contributed by atoms with Gasteiger partial charge in [-0.15, -0.1) is 0 Å². The zero-order chi connectivity index (χ0) is 17.0. The van der Waals surface area contributed by atoms with Gasteiger partial charge in [-0.25, -0.2) is 0 Å². The van der Waals surface area contributed by atoms with Gasteiger partial charge in [0.1, 0.15) is 0 Å². The summed E-state index contributed by atoms with van der Waals surface area (Å²) in [5.41, 5.74) is 0. The Balaban J connectivity index is 3.17. The molecule has 0 rings (SSSR count). The van der Waals surface area contributed by atoms with Crippen LogP contribution in [0.2, 0.25) is 0 Å². The standard InChI is InChI=1S/C21H38O2/c1-3-4-5-6-7-8-9-10-11-12-13-14-15-16-17-18-19-20-23-21(2)22/h9-10,13-14H,3-8,11-12,15-20H2,1-2H3. The van der Waals surface area contributed by atoms with Crippen LogP contribution in [0.25, 0.3) is 0 Å². The molecule has 0 aromatic carbocycles. The van der Waals surface area contributed by atoms with Crippen LogP contribution in [0.15, 0.2) is 24.3 Å². The van der Waals surface area contributed by atoms with Gasteiger partial charge in [0.25, 0.3) is 0 Å². The van der Waals surface area contributed by atoms with Crippen molar-refractivity contribution >= 4 is 5.97 Å². The second-order valence-corrected chi connectivity index (χ2v) is 6.27. The molecule has 0 aliphatic rings. The van der Waals surface area contributed by atoms with Gasteiger partial charge < -0.3 is 4.74 Å². The van der Waals surface area contributed by atoms with Crippen molar-refractivity contribution in [2.75, 3.05) is 6.61 Å². The first-order valence-corrected chi connectivity index (χ1v) is 9.70. The summed E-state index contributed by atoms with van der Waals surface area (Å²) in [6.45, 7) is 4.31. The first-order chi connectivity index (χ1) is 11.3. The lowest BCUT2D eigenvalue weighted by Gasteiger charge is -2.00. The van der Waals surface area contributed by atoms with Crippen molar-refractivity contribution in [1.29, 1.82) is 0 Å². The van der Waals surface area contributed by atoms with Crippen molar-refractivity contribution < 1.29 is 9.53 Å². The Kier molecular flexibility index (Phi) is 18.1. The van der Waals surface area contributed by atoms with Crippen LogP contribution in [0.3, 0.4) is 0 Å². The summed E-state index contributed by atoms with van der Waals surface area (Å²) in [4.78, 5) is 10.6. The second kappa shape index (κ2) is 19.0. The molecule has 23 heavy (non-hydrogen) atoms. The maximum absolute atomic E-state index is 10.6. The minimum absolute atomic E-state index is 0.168. The highest BCUT2D eigenvalue weighted by Crippen LogP contribution is 2.07. The molecular formula is C21H38O2. The van der Waals surface area contributed by atoms with Crippen molar-refractivity contribution in [2.24, 2.45) is 0 Å². The number of carbonyl (C=O) groups is 1. The van der Waals surface area contributed by atoms with Gasteiger partial charge in [0.15, 0.2) is 0 Å². The number of ether oxygens (including phenoxy) is 1. The summed E-state index contributed by atoms with van der Waals surface area (Å²) in [5, 5.41) is 0. The normalized spacial score (nSPS) is 11.6. The highest BCUT2D eigenvalue weighted by Gasteiger charge is 1.92. The molecule has 0 saturated carbocycles.